The molecule has 0 amide bonds. The van der Waals surface area contributed by atoms with E-state index in [1.165, 1.54) is 5.56 Å². The van der Waals surface area contributed by atoms with Crippen molar-refractivity contribution in [3.63, 3.8) is 0 Å². The summed E-state index contributed by atoms with van der Waals surface area (Å²) in [6.45, 7) is 8.98. The smallest absolute Gasteiger partial charge is 0.290 e. The Morgan fingerprint density at radius 3 is 2.63 bits per heavy atom. The zero-order valence-electron chi connectivity index (χ0n) is 16.2. The Balaban J connectivity index is 0.000000817. The molecule has 27 heavy (non-hydrogen) atoms. The van der Waals surface area contributed by atoms with E-state index in [1.54, 1.807) is 6.33 Å². The van der Waals surface area contributed by atoms with Crippen LogP contribution in [-0.2, 0) is 24.2 Å². The molecule has 0 atom stereocenters. The molecule has 3 aromatic heterocycles. The predicted molar refractivity (Wildman–Crippen MR) is 102 cm³/mol. The van der Waals surface area contributed by atoms with Crippen LogP contribution in [-0.4, -0.2) is 41.3 Å². The van der Waals surface area contributed by atoms with E-state index in [2.05, 4.69) is 41.8 Å². The van der Waals surface area contributed by atoms with Gasteiger partial charge in [0, 0.05) is 48.7 Å². The topological polar surface area (TPSA) is 110 Å². The molecule has 0 fully saturated rings. The number of carbonyl (C=O) groups is 1. The first-order chi connectivity index (χ1) is 12.9. The standard InChI is InChI=1S/C18H24N6.CH2O2/c1-12(2)7-17-22-18(16-10-20-14(4)8-13(16)3)24(23-17)6-5-15-9-19-11-21-15;2-1-3/h8-12H,5-7H2,1-4H3,(H,19,21);1H,(H,2,3). The van der Waals surface area contributed by atoms with E-state index < -0.39 is 0 Å². The minimum atomic E-state index is -0.250. The Bertz CT molecular complexity index is 855. The largest absolute Gasteiger partial charge is 0.483 e. The molecular weight excluding hydrogens is 344 g/mol. The van der Waals surface area contributed by atoms with Crippen molar-refractivity contribution in [1.29, 1.82) is 0 Å². The normalized spacial score (nSPS) is 10.6. The van der Waals surface area contributed by atoms with Crippen LogP contribution in [0.2, 0.25) is 0 Å². The lowest BCUT2D eigenvalue weighted by Gasteiger charge is -2.08. The molecule has 144 valence electrons. The molecule has 2 N–H and O–H groups in total. The van der Waals surface area contributed by atoms with Gasteiger partial charge in [-0.25, -0.2) is 14.6 Å². The number of nitrogens with zero attached hydrogens (tertiary/aromatic N) is 5. The van der Waals surface area contributed by atoms with Crippen LogP contribution >= 0.6 is 0 Å². The summed E-state index contributed by atoms with van der Waals surface area (Å²) in [5, 5.41) is 11.6. The molecule has 0 bridgehead atoms. The van der Waals surface area contributed by atoms with E-state index in [0.29, 0.717) is 5.92 Å². The third-order valence-electron chi connectivity index (χ3n) is 3.94. The predicted octanol–water partition coefficient (Wildman–Crippen LogP) is 2.82. The molecule has 8 heteroatoms. The number of aryl methyl sites for hydroxylation is 4. The maximum absolute atomic E-state index is 8.36. The summed E-state index contributed by atoms with van der Waals surface area (Å²) in [5.41, 5.74) is 4.34. The lowest BCUT2D eigenvalue weighted by molar-refractivity contribution is -0.122. The van der Waals surface area contributed by atoms with Crippen LogP contribution in [0.3, 0.4) is 0 Å². The first kappa shape index (κ1) is 20.3. The summed E-state index contributed by atoms with van der Waals surface area (Å²) in [7, 11) is 0. The van der Waals surface area contributed by atoms with E-state index in [-0.39, 0.29) is 6.47 Å². The van der Waals surface area contributed by atoms with Gasteiger partial charge in [-0.2, -0.15) is 5.10 Å². The van der Waals surface area contributed by atoms with Crippen molar-refractivity contribution in [2.45, 2.75) is 47.1 Å². The SMILES string of the molecule is Cc1cc(C)c(-c2nc(CC(C)C)nn2CCc2cnc[nH]2)cn1.O=CO. The minimum absolute atomic E-state index is 0.250. The summed E-state index contributed by atoms with van der Waals surface area (Å²) >= 11 is 0. The van der Waals surface area contributed by atoms with Gasteiger partial charge >= 0.3 is 0 Å². The molecule has 0 radical (unpaired) electrons. The lowest BCUT2D eigenvalue weighted by Crippen LogP contribution is -2.07. The second-order valence-electron chi connectivity index (χ2n) is 6.75. The number of nitrogens with one attached hydrogen (secondary N) is 1. The molecule has 0 aromatic carbocycles. The van der Waals surface area contributed by atoms with Gasteiger partial charge in [-0.3, -0.25) is 9.78 Å². The molecule has 0 aliphatic heterocycles. The van der Waals surface area contributed by atoms with Crippen LogP contribution in [0.5, 0.6) is 0 Å². The van der Waals surface area contributed by atoms with Crippen LogP contribution in [0.25, 0.3) is 11.4 Å². The van der Waals surface area contributed by atoms with Crippen molar-refractivity contribution in [3.05, 3.63) is 47.6 Å². The number of imidazole rings is 1. The van der Waals surface area contributed by atoms with Gasteiger partial charge in [-0.1, -0.05) is 13.8 Å². The molecule has 3 rings (SSSR count). The number of hydrogen-bond donors (Lipinski definition) is 2. The Morgan fingerprint density at radius 2 is 2.04 bits per heavy atom. The van der Waals surface area contributed by atoms with E-state index in [9.17, 15) is 0 Å². The quantitative estimate of drug-likeness (QED) is 0.646. The maximum Gasteiger partial charge on any atom is 0.290 e. The Kier molecular flexibility index (Phi) is 7.22. The minimum Gasteiger partial charge on any atom is -0.483 e. The van der Waals surface area contributed by atoms with Crippen LogP contribution < -0.4 is 0 Å². The highest BCUT2D eigenvalue weighted by Crippen LogP contribution is 2.22. The van der Waals surface area contributed by atoms with Crippen LogP contribution in [0, 0.1) is 19.8 Å². The number of pyridine rings is 1. The van der Waals surface area contributed by atoms with E-state index in [0.717, 1.165) is 48.0 Å². The maximum atomic E-state index is 8.36. The second-order valence-corrected chi connectivity index (χ2v) is 6.75. The molecule has 0 unspecified atom stereocenters. The van der Waals surface area contributed by atoms with Crippen molar-refractivity contribution in [3.8, 4) is 11.4 Å². The van der Waals surface area contributed by atoms with Gasteiger partial charge in [0.05, 0.1) is 6.33 Å². The number of rotatable bonds is 6. The third-order valence-corrected chi connectivity index (χ3v) is 3.94. The second kappa shape index (κ2) is 9.61. The fourth-order valence-electron chi connectivity index (χ4n) is 2.77. The van der Waals surface area contributed by atoms with Crippen LogP contribution in [0.1, 0.15) is 36.6 Å². The Hall–Kier alpha value is -3.03. The number of H-pyrrole nitrogens is 1. The zero-order valence-corrected chi connectivity index (χ0v) is 16.2. The monoisotopic (exact) mass is 370 g/mol. The summed E-state index contributed by atoms with van der Waals surface area (Å²) in [5.74, 6) is 2.32. The van der Waals surface area contributed by atoms with Gasteiger partial charge in [-0.15, -0.1) is 0 Å². The summed E-state index contributed by atoms with van der Waals surface area (Å²) < 4.78 is 2.00. The van der Waals surface area contributed by atoms with Crippen LogP contribution in [0.15, 0.2) is 24.8 Å². The van der Waals surface area contributed by atoms with Gasteiger partial charge in [0.25, 0.3) is 6.47 Å². The number of aromatic nitrogens is 6. The van der Waals surface area contributed by atoms with E-state index in [4.69, 9.17) is 20.0 Å². The first-order valence-corrected chi connectivity index (χ1v) is 8.87. The van der Waals surface area contributed by atoms with Crippen molar-refractivity contribution >= 4 is 6.47 Å². The van der Waals surface area contributed by atoms with E-state index in [1.807, 2.05) is 24.0 Å². The Labute approximate surface area is 158 Å². The lowest BCUT2D eigenvalue weighted by atomic mass is 10.1. The number of hydrogen-bond acceptors (Lipinski definition) is 5. The van der Waals surface area contributed by atoms with Gasteiger partial charge < -0.3 is 10.1 Å². The fraction of sp³-hybridized carbons (Fsp3) is 0.421. The molecule has 0 saturated heterocycles. The summed E-state index contributed by atoms with van der Waals surface area (Å²) in [6, 6.07) is 2.09. The molecule has 0 aliphatic rings. The average Bonchev–Trinajstić information content (AvgIpc) is 3.23. The van der Waals surface area contributed by atoms with Crippen molar-refractivity contribution in [1.82, 2.24) is 29.7 Å². The molecule has 0 saturated carbocycles. The highest BCUT2D eigenvalue weighted by Gasteiger charge is 2.15. The van der Waals surface area contributed by atoms with Crippen molar-refractivity contribution in [2.75, 3.05) is 0 Å². The van der Waals surface area contributed by atoms with Crippen LogP contribution in [0.4, 0.5) is 0 Å². The molecular formula is C19H26N6O2. The van der Waals surface area contributed by atoms with Gasteiger partial charge in [0.2, 0.25) is 0 Å². The van der Waals surface area contributed by atoms with Gasteiger partial charge in [-0.05, 0) is 31.4 Å². The molecule has 8 nitrogen and oxygen atoms in total. The van der Waals surface area contributed by atoms with Gasteiger partial charge in [0.1, 0.15) is 0 Å². The van der Waals surface area contributed by atoms with Gasteiger partial charge in [0.15, 0.2) is 11.6 Å². The Morgan fingerprint density at radius 1 is 1.30 bits per heavy atom. The third kappa shape index (κ3) is 5.73. The summed E-state index contributed by atoms with van der Waals surface area (Å²) in [6.07, 6.45) is 7.18. The highest BCUT2D eigenvalue weighted by molar-refractivity contribution is 5.59. The highest BCUT2D eigenvalue weighted by atomic mass is 16.3. The van der Waals surface area contributed by atoms with Crippen molar-refractivity contribution < 1.29 is 9.90 Å². The number of aromatic amines is 1. The molecule has 0 spiro atoms. The first-order valence-electron chi connectivity index (χ1n) is 8.87. The molecule has 3 aromatic rings. The zero-order chi connectivity index (χ0) is 19.8. The van der Waals surface area contributed by atoms with E-state index >= 15 is 0 Å². The molecule has 0 aliphatic carbocycles. The fourth-order valence-corrected chi connectivity index (χ4v) is 2.77. The summed E-state index contributed by atoms with van der Waals surface area (Å²) in [4.78, 5) is 24.8. The molecule has 3 heterocycles. The average molecular weight is 370 g/mol. The van der Waals surface area contributed by atoms with Crippen molar-refractivity contribution in [2.24, 2.45) is 5.92 Å². The number of carboxylic acid groups (broad SMARTS) is 1.